The van der Waals surface area contributed by atoms with Crippen molar-refractivity contribution in [3.8, 4) is 0 Å². The number of ether oxygens (including phenoxy) is 1. The minimum atomic E-state index is -0.451. The van der Waals surface area contributed by atoms with E-state index >= 15 is 0 Å². The van der Waals surface area contributed by atoms with E-state index in [2.05, 4.69) is 31.4 Å². The maximum absolute atomic E-state index is 12.0. The van der Waals surface area contributed by atoms with E-state index in [0.29, 0.717) is 12.5 Å². The minimum Gasteiger partial charge on any atom is -0.444 e. The first-order chi connectivity index (χ1) is 11.1. The summed E-state index contributed by atoms with van der Waals surface area (Å²) in [6, 6.07) is 0. The van der Waals surface area contributed by atoms with Gasteiger partial charge >= 0.3 is 6.09 Å². The molecule has 0 heterocycles. The molecular formula is C20H40N2O2. The fourth-order valence-corrected chi connectivity index (χ4v) is 3.74. The van der Waals surface area contributed by atoms with Crippen molar-refractivity contribution in [2.75, 3.05) is 13.1 Å². The molecule has 0 spiro atoms. The van der Waals surface area contributed by atoms with E-state index in [4.69, 9.17) is 4.74 Å². The first-order valence-corrected chi connectivity index (χ1v) is 9.81. The summed E-state index contributed by atoms with van der Waals surface area (Å²) in [6.07, 6.45) is 8.94. The van der Waals surface area contributed by atoms with Crippen molar-refractivity contribution in [1.82, 2.24) is 10.6 Å². The highest BCUT2D eigenvalue weighted by molar-refractivity contribution is 5.67. The van der Waals surface area contributed by atoms with Gasteiger partial charge in [-0.05, 0) is 58.9 Å². The molecule has 4 heteroatoms. The molecule has 0 aromatic rings. The highest BCUT2D eigenvalue weighted by atomic mass is 16.6. The molecule has 1 atom stereocenters. The van der Waals surface area contributed by atoms with Crippen LogP contribution in [-0.2, 0) is 4.74 Å². The van der Waals surface area contributed by atoms with Gasteiger partial charge in [0.2, 0.25) is 0 Å². The summed E-state index contributed by atoms with van der Waals surface area (Å²) in [5.74, 6) is 1.46. The average molecular weight is 341 g/mol. The highest BCUT2D eigenvalue weighted by Gasteiger charge is 2.27. The average Bonchev–Trinajstić information content (AvgIpc) is 2.44. The summed E-state index contributed by atoms with van der Waals surface area (Å²) in [4.78, 5) is 12.0. The van der Waals surface area contributed by atoms with Crippen LogP contribution in [-0.4, -0.2) is 30.3 Å². The molecule has 1 amide bonds. The van der Waals surface area contributed by atoms with Crippen LogP contribution in [0.4, 0.5) is 4.79 Å². The monoisotopic (exact) mass is 340 g/mol. The molecule has 1 unspecified atom stereocenters. The lowest BCUT2D eigenvalue weighted by Crippen LogP contribution is -2.53. The van der Waals surface area contributed by atoms with Crippen molar-refractivity contribution in [3.05, 3.63) is 0 Å². The molecule has 2 N–H and O–H groups in total. The van der Waals surface area contributed by atoms with E-state index in [-0.39, 0.29) is 11.6 Å². The van der Waals surface area contributed by atoms with Gasteiger partial charge in [0.1, 0.15) is 5.60 Å². The van der Waals surface area contributed by atoms with E-state index in [0.717, 1.165) is 18.9 Å². The van der Waals surface area contributed by atoms with Crippen molar-refractivity contribution in [3.63, 3.8) is 0 Å². The van der Waals surface area contributed by atoms with Crippen molar-refractivity contribution >= 4 is 6.09 Å². The zero-order valence-electron chi connectivity index (χ0n) is 16.8. The smallest absolute Gasteiger partial charge is 0.407 e. The van der Waals surface area contributed by atoms with Gasteiger partial charge in [0.15, 0.2) is 0 Å². The van der Waals surface area contributed by atoms with Gasteiger partial charge in [-0.2, -0.15) is 0 Å². The number of nitrogens with one attached hydrogen (secondary N) is 2. The fourth-order valence-electron chi connectivity index (χ4n) is 3.74. The quantitative estimate of drug-likeness (QED) is 0.662. The molecule has 1 rings (SSSR count). The predicted molar refractivity (Wildman–Crippen MR) is 101 cm³/mol. The summed E-state index contributed by atoms with van der Waals surface area (Å²) in [5, 5.41) is 6.67. The van der Waals surface area contributed by atoms with Crippen LogP contribution in [0.3, 0.4) is 0 Å². The fraction of sp³-hybridized carbons (Fsp3) is 0.950. The predicted octanol–water partition coefficient (Wildman–Crippen LogP) is 4.88. The van der Waals surface area contributed by atoms with Gasteiger partial charge < -0.3 is 15.4 Å². The Morgan fingerprint density at radius 2 is 1.75 bits per heavy atom. The highest BCUT2D eigenvalue weighted by Crippen LogP contribution is 2.26. The van der Waals surface area contributed by atoms with E-state index in [9.17, 15) is 4.79 Å². The number of rotatable bonds is 8. The van der Waals surface area contributed by atoms with Gasteiger partial charge in [0.05, 0.1) is 0 Å². The van der Waals surface area contributed by atoms with Gasteiger partial charge in [-0.15, -0.1) is 0 Å². The van der Waals surface area contributed by atoms with Gasteiger partial charge in [0.25, 0.3) is 0 Å². The topological polar surface area (TPSA) is 50.4 Å². The second-order valence-electron chi connectivity index (χ2n) is 9.23. The second kappa shape index (κ2) is 9.65. The lowest BCUT2D eigenvalue weighted by Gasteiger charge is -2.34. The van der Waals surface area contributed by atoms with Crippen LogP contribution in [0.2, 0.25) is 0 Å². The molecule has 0 aromatic heterocycles. The number of carbonyl (C=O) groups excluding carboxylic acids is 1. The van der Waals surface area contributed by atoms with Crippen molar-refractivity contribution in [2.24, 2.45) is 11.8 Å². The molecule has 0 aliphatic heterocycles. The van der Waals surface area contributed by atoms with E-state index in [1.807, 2.05) is 20.8 Å². The molecule has 0 radical (unpaired) electrons. The molecule has 4 nitrogen and oxygen atoms in total. The molecule has 1 fully saturated rings. The largest absolute Gasteiger partial charge is 0.444 e. The lowest BCUT2D eigenvalue weighted by molar-refractivity contribution is 0.0507. The lowest BCUT2D eigenvalue weighted by atomic mass is 9.86. The third-order valence-electron chi connectivity index (χ3n) is 4.71. The van der Waals surface area contributed by atoms with Crippen LogP contribution in [0.25, 0.3) is 0 Å². The van der Waals surface area contributed by atoms with Crippen LogP contribution in [0.5, 0.6) is 0 Å². The van der Waals surface area contributed by atoms with E-state index < -0.39 is 5.60 Å². The van der Waals surface area contributed by atoms with Crippen LogP contribution in [0.15, 0.2) is 0 Å². The standard InChI is InChI=1S/C20H40N2O2/c1-16(2)14-20(6,15-21-18(23)24-19(3,4)5)22-13-12-17-10-8-7-9-11-17/h16-17,22H,7-15H2,1-6H3,(H,21,23). The van der Waals surface area contributed by atoms with Gasteiger partial charge in [-0.25, -0.2) is 4.79 Å². The third-order valence-corrected chi connectivity index (χ3v) is 4.71. The molecule has 1 aliphatic carbocycles. The zero-order chi connectivity index (χ0) is 18.2. The minimum absolute atomic E-state index is 0.0836. The molecule has 0 bridgehead atoms. The van der Waals surface area contributed by atoms with Gasteiger partial charge in [-0.3, -0.25) is 0 Å². The van der Waals surface area contributed by atoms with Crippen LogP contribution < -0.4 is 10.6 Å². The normalized spacial score (nSPS) is 19.1. The van der Waals surface area contributed by atoms with E-state index in [1.165, 1.54) is 38.5 Å². The van der Waals surface area contributed by atoms with E-state index in [1.54, 1.807) is 0 Å². The number of hydrogen-bond acceptors (Lipinski definition) is 3. The number of carbonyl (C=O) groups is 1. The molecule has 142 valence electrons. The molecule has 0 aromatic carbocycles. The Morgan fingerprint density at radius 3 is 2.29 bits per heavy atom. The molecular weight excluding hydrogens is 300 g/mol. The Hall–Kier alpha value is -0.770. The second-order valence-corrected chi connectivity index (χ2v) is 9.23. The SMILES string of the molecule is CC(C)CC(C)(CNC(=O)OC(C)(C)C)NCCC1CCCCC1. The Balaban J connectivity index is 2.43. The summed E-state index contributed by atoms with van der Waals surface area (Å²) in [7, 11) is 0. The molecule has 1 saturated carbocycles. The van der Waals surface area contributed by atoms with Crippen LogP contribution in [0.1, 0.15) is 86.5 Å². The summed E-state index contributed by atoms with van der Waals surface area (Å²) < 4.78 is 5.36. The first kappa shape index (κ1) is 21.3. The number of hydrogen-bond donors (Lipinski definition) is 2. The van der Waals surface area contributed by atoms with Crippen molar-refractivity contribution < 1.29 is 9.53 Å². The molecule has 1 aliphatic rings. The maximum Gasteiger partial charge on any atom is 0.407 e. The number of amides is 1. The Kier molecular flexibility index (Phi) is 8.55. The molecule has 0 saturated heterocycles. The van der Waals surface area contributed by atoms with Gasteiger partial charge in [0, 0.05) is 12.1 Å². The third kappa shape index (κ3) is 9.51. The van der Waals surface area contributed by atoms with Crippen LogP contribution in [0, 0.1) is 11.8 Å². The Labute approximate surface area is 149 Å². The number of alkyl carbamates (subject to hydrolysis) is 1. The summed E-state index contributed by atoms with van der Waals surface area (Å²) in [6.45, 7) is 14.0. The van der Waals surface area contributed by atoms with Crippen molar-refractivity contribution in [1.29, 1.82) is 0 Å². The van der Waals surface area contributed by atoms with Crippen molar-refractivity contribution in [2.45, 2.75) is 97.6 Å². The first-order valence-electron chi connectivity index (χ1n) is 9.81. The zero-order valence-corrected chi connectivity index (χ0v) is 16.8. The summed E-state index contributed by atoms with van der Waals surface area (Å²) >= 11 is 0. The van der Waals surface area contributed by atoms with Crippen LogP contribution >= 0.6 is 0 Å². The maximum atomic E-state index is 12.0. The Morgan fingerprint density at radius 1 is 1.12 bits per heavy atom. The van der Waals surface area contributed by atoms with Gasteiger partial charge in [-0.1, -0.05) is 46.0 Å². The molecule has 24 heavy (non-hydrogen) atoms. The summed E-state index contributed by atoms with van der Waals surface area (Å²) in [5.41, 5.74) is -0.535. The Bertz CT molecular complexity index is 370.